The number of hydrogen-bond donors (Lipinski definition) is 3. The van der Waals surface area contributed by atoms with Crippen molar-refractivity contribution < 1.29 is 13.2 Å². The van der Waals surface area contributed by atoms with Gasteiger partial charge in [0, 0.05) is 17.0 Å². The van der Waals surface area contributed by atoms with Crippen molar-refractivity contribution in [3.8, 4) is 0 Å². The van der Waals surface area contributed by atoms with Crippen LogP contribution in [-0.2, 0) is 14.6 Å². The number of para-hydroxylation sites is 1. The SMILES string of the molecule is COC1=CC=C(S(=O)(=O)c2[nH]c3ccccc3c2Cl)NN1. The molecule has 8 heteroatoms. The molecule has 21 heavy (non-hydrogen) atoms. The number of halogens is 1. The first kappa shape index (κ1) is 13.8. The van der Waals surface area contributed by atoms with E-state index in [0.29, 0.717) is 16.8 Å². The first-order chi connectivity index (χ1) is 10.0. The van der Waals surface area contributed by atoms with Crippen LogP contribution in [0.25, 0.3) is 10.9 Å². The molecule has 2 heterocycles. The van der Waals surface area contributed by atoms with Gasteiger partial charge in [-0.2, -0.15) is 0 Å². The summed E-state index contributed by atoms with van der Waals surface area (Å²) in [7, 11) is -2.31. The zero-order valence-corrected chi connectivity index (χ0v) is 12.5. The third-order valence-corrected chi connectivity index (χ3v) is 5.25. The van der Waals surface area contributed by atoms with Crippen molar-refractivity contribution in [2.24, 2.45) is 0 Å². The average Bonchev–Trinajstić information content (AvgIpc) is 2.86. The van der Waals surface area contributed by atoms with Gasteiger partial charge in [0.1, 0.15) is 0 Å². The Morgan fingerprint density at radius 1 is 1.14 bits per heavy atom. The lowest BCUT2D eigenvalue weighted by Gasteiger charge is -2.17. The van der Waals surface area contributed by atoms with Gasteiger partial charge in [-0.1, -0.05) is 29.8 Å². The van der Waals surface area contributed by atoms with E-state index < -0.39 is 9.84 Å². The molecule has 6 nitrogen and oxygen atoms in total. The Morgan fingerprint density at radius 3 is 2.52 bits per heavy atom. The minimum Gasteiger partial charge on any atom is -0.481 e. The van der Waals surface area contributed by atoms with Crippen LogP contribution in [0.2, 0.25) is 5.02 Å². The van der Waals surface area contributed by atoms with Crippen LogP contribution in [0.1, 0.15) is 0 Å². The Bertz CT molecular complexity index is 868. The van der Waals surface area contributed by atoms with Crippen molar-refractivity contribution >= 4 is 32.3 Å². The van der Waals surface area contributed by atoms with Crippen LogP contribution in [-0.4, -0.2) is 20.5 Å². The van der Waals surface area contributed by atoms with Crippen LogP contribution in [0.5, 0.6) is 0 Å². The summed E-state index contributed by atoms with van der Waals surface area (Å²) in [6.07, 6.45) is 2.92. The summed E-state index contributed by atoms with van der Waals surface area (Å²) in [5, 5.41) is 0.780. The summed E-state index contributed by atoms with van der Waals surface area (Å²) in [6, 6.07) is 7.13. The third kappa shape index (κ3) is 2.24. The number of aromatic amines is 1. The van der Waals surface area contributed by atoms with E-state index in [1.54, 1.807) is 24.3 Å². The van der Waals surface area contributed by atoms with E-state index in [1.165, 1.54) is 19.3 Å². The van der Waals surface area contributed by atoms with Gasteiger partial charge < -0.3 is 9.72 Å². The van der Waals surface area contributed by atoms with Gasteiger partial charge >= 0.3 is 0 Å². The van der Waals surface area contributed by atoms with E-state index in [9.17, 15) is 8.42 Å². The van der Waals surface area contributed by atoms with Gasteiger partial charge in [-0.05, 0) is 12.1 Å². The molecule has 1 aliphatic heterocycles. The highest BCUT2D eigenvalue weighted by Crippen LogP contribution is 2.32. The van der Waals surface area contributed by atoms with Crippen LogP contribution < -0.4 is 10.9 Å². The van der Waals surface area contributed by atoms with E-state index in [4.69, 9.17) is 16.3 Å². The van der Waals surface area contributed by atoms with E-state index >= 15 is 0 Å². The molecule has 0 saturated carbocycles. The van der Waals surface area contributed by atoms with Crippen LogP contribution in [0.4, 0.5) is 0 Å². The second-order valence-electron chi connectivity index (χ2n) is 4.33. The number of benzene rings is 1. The lowest BCUT2D eigenvalue weighted by molar-refractivity contribution is 0.251. The number of hydrogen-bond acceptors (Lipinski definition) is 5. The Kier molecular flexibility index (Phi) is 3.30. The van der Waals surface area contributed by atoms with Gasteiger partial charge in [-0.3, -0.25) is 10.9 Å². The number of sulfone groups is 1. The molecule has 1 aliphatic rings. The van der Waals surface area contributed by atoms with Crippen molar-refractivity contribution in [2.45, 2.75) is 5.03 Å². The maximum absolute atomic E-state index is 12.6. The molecule has 2 aromatic rings. The molecular weight excluding hydrogens is 314 g/mol. The van der Waals surface area contributed by atoms with Gasteiger partial charge in [0.2, 0.25) is 15.7 Å². The van der Waals surface area contributed by atoms with Gasteiger partial charge in [-0.15, -0.1) is 0 Å². The molecule has 0 amide bonds. The normalized spacial score (nSPS) is 15.0. The summed E-state index contributed by atoms with van der Waals surface area (Å²) < 4.78 is 30.2. The van der Waals surface area contributed by atoms with Crippen molar-refractivity contribution in [1.82, 2.24) is 15.8 Å². The fourth-order valence-electron chi connectivity index (χ4n) is 2.01. The van der Waals surface area contributed by atoms with E-state index in [0.717, 1.165) is 0 Å². The van der Waals surface area contributed by atoms with Crippen molar-refractivity contribution in [3.05, 3.63) is 52.4 Å². The first-order valence-corrected chi connectivity index (χ1v) is 7.89. The van der Waals surface area contributed by atoms with E-state index in [-0.39, 0.29) is 15.1 Å². The number of methoxy groups -OCH3 is 1. The summed E-state index contributed by atoms with van der Waals surface area (Å²) in [6.45, 7) is 0. The standard InChI is InChI=1S/C13H12ClN3O3S/c1-20-10-6-7-11(17-16-10)21(18,19)13-12(14)8-4-2-3-5-9(8)15-13/h2-7,15-17H,1H3. The Balaban J connectivity index is 2.11. The number of aromatic nitrogens is 1. The molecule has 3 rings (SSSR count). The molecule has 0 spiro atoms. The molecule has 0 unspecified atom stereocenters. The number of fused-ring (bicyclic) bond motifs is 1. The van der Waals surface area contributed by atoms with Gasteiger partial charge in [0.15, 0.2) is 10.1 Å². The second kappa shape index (κ2) is 5.01. The lowest BCUT2D eigenvalue weighted by Crippen LogP contribution is -2.36. The van der Waals surface area contributed by atoms with Crippen molar-refractivity contribution in [3.63, 3.8) is 0 Å². The molecule has 0 bridgehead atoms. The molecule has 1 aromatic carbocycles. The Labute approximate surface area is 126 Å². The number of H-pyrrole nitrogens is 1. The molecule has 0 saturated heterocycles. The quantitative estimate of drug-likeness (QED) is 0.804. The molecule has 1 aromatic heterocycles. The minimum atomic E-state index is -3.79. The maximum atomic E-state index is 12.6. The number of ether oxygens (including phenoxy) is 1. The van der Waals surface area contributed by atoms with Crippen LogP contribution >= 0.6 is 11.6 Å². The number of hydrazine groups is 1. The van der Waals surface area contributed by atoms with Crippen LogP contribution in [0.15, 0.2) is 52.4 Å². The molecule has 3 N–H and O–H groups in total. The van der Waals surface area contributed by atoms with E-state index in [1.807, 2.05) is 0 Å². The van der Waals surface area contributed by atoms with Gasteiger partial charge in [0.25, 0.3) is 0 Å². The molecule has 0 radical (unpaired) electrons. The van der Waals surface area contributed by atoms with Gasteiger partial charge in [-0.25, -0.2) is 8.42 Å². The highest BCUT2D eigenvalue weighted by molar-refractivity contribution is 7.95. The number of rotatable bonds is 3. The summed E-state index contributed by atoms with van der Waals surface area (Å²) >= 11 is 6.19. The topological polar surface area (TPSA) is 83.2 Å². The fraction of sp³-hybridized carbons (Fsp3) is 0.0769. The predicted molar refractivity (Wildman–Crippen MR) is 79.9 cm³/mol. The van der Waals surface area contributed by atoms with Crippen molar-refractivity contribution in [2.75, 3.05) is 7.11 Å². The van der Waals surface area contributed by atoms with E-state index in [2.05, 4.69) is 15.8 Å². The molecule has 0 aliphatic carbocycles. The second-order valence-corrected chi connectivity index (χ2v) is 6.57. The Morgan fingerprint density at radius 2 is 1.90 bits per heavy atom. The molecule has 0 atom stereocenters. The van der Waals surface area contributed by atoms with Crippen LogP contribution in [0, 0.1) is 0 Å². The minimum absolute atomic E-state index is 0.0169. The monoisotopic (exact) mass is 325 g/mol. The number of allylic oxidation sites excluding steroid dienone is 2. The highest BCUT2D eigenvalue weighted by Gasteiger charge is 2.28. The lowest BCUT2D eigenvalue weighted by atomic mass is 10.2. The predicted octanol–water partition coefficient (Wildman–Crippen LogP) is 2.03. The average molecular weight is 326 g/mol. The van der Waals surface area contributed by atoms with Crippen molar-refractivity contribution in [1.29, 1.82) is 0 Å². The summed E-state index contributed by atoms with van der Waals surface area (Å²) in [5.41, 5.74) is 5.88. The molecular formula is C13H12ClN3O3S. The fourth-order valence-corrected chi connectivity index (χ4v) is 3.77. The maximum Gasteiger partial charge on any atom is 0.239 e. The summed E-state index contributed by atoms with van der Waals surface area (Å²) in [5.74, 6) is 0.414. The van der Waals surface area contributed by atoms with Gasteiger partial charge in [0.05, 0.1) is 12.1 Å². The molecule has 0 fully saturated rings. The smallest absolute Gasteiger partial charge is 0.239 e. The number of nitrogens with one attached hydrogen (secondary N) is 3. The zero-order chi connectivity index (χ0) is 15.0. The Hall–Kier alpha value is -2.12. The van der Waals surface area contributed by atoms with Crippen LogP contribution in [0.3, 0.4) is 0 Å². The summed E-state index contributed by atoms with van der Waals surface area (Å²) in [4.78, 5) is 2.85. The first-order valence-electron chi connectivity index (χ1n) is 6.03. The largest absolute Gasteiger partial charge is 0.481 e. The molecule has 110 valence electrons. The highest BCUT2D eigenvalue weighted by atomic mass is 35.5. The zero-order valence-electron chi connectivity index (χ0n) is 11.0. The third-order valence-electron chi connectivity index (χ3n) is 3.08.